The molecule has 0 aliphatic heterocycles. The van der Waals surface area contributed by atoms with Crippen molar-refractivity contribution in [1.29, 1.82) is 0 Å². The zero-order valence-corrected chi connectivity index (χ0v) is 21.1. The lowest BCUT2D eigenvalue weighted by Gasteiger charge is -2.19. The maximum Gasteiger partial charge on any atom is 0.305 e. The van der Waals surface area contributed by atoms with Gasteiger partial charge in [0.1, 0.15) is 12.1 Å². The van der Waals surface area contributed by atoms with Crippen LogP contribution in [0.1, 0.15) is 50.7 Å². The van der Waals surface area contributed by atoms with Gasteiger partial charge in [-0.1, -0.05) is 37.9 Å². The predicted molar refractivity (Wildman–Crippen MR) is 126 cm³/mol. The Morgan fingerprint density at radius 3 is 1.97 bits per heavy atom. The molecule has 0 unspecified atom stereocenters. The number of halogens is 2. The van der Waals surface area contributed by atoms with Gasteiger partial charge in [0.05, 0.1) is 7.11 Å². The number of anilines is 1. The first kappa shape index (κ1) is 27.1. The number of esters is 1. The third kappa shape index (κ3) is 10.3. The lowest BCUT2D eigenvalue weighted by atomic mass is 10.1. The molecule has 0 aromatic heterocycles. The molecule has 2 atom stereocenters. The highest BCUT2D eigenvalue weighted by atomic mass is 79.9. The Morgan fingerprint density at radius 1 is 0.871 bits per heavy atom. The second-order valence-corrected chi connectivity index (χ2v) is 8.22. The SMILES string of the molecule is COC(=O)CCCCC(=O)N[C@@H](C)C(=O)N[C@H](C)C(=O)Nc1cc(CBr)cc(CBr)c1. The minimum absolute atomic E-state index is 0.199. The van der Waals surface area contributed by atoms with Crippen molar-refractivity contribution in [3.8, 4) is 0 Å². The second-order valence-electron chi connectivity index (χ2n) is 7.10. The Kier molecular flexibility index (Phi) is 12.4. The van der Waals surface area contributed by atoms with Crippen molar-refractivity contribution in [3.05, 3.63) is 29.3 Å². The van der Waals surface area contributed by atoms with Crippen LogP contribution in [-0.2, 0) is 34.6 Å². The van der Waals surface area contributed by atoms with Gasteiger partial charge >= 0.3 is 5.97 Å². The second kappa shape index (κ2) is 14.2. The first-order valence-electron chi connectivity index (χ1n) is 9.92. The van der Waals surface area contributed by atoms with Gasteiger partial charge in [-0.2, -0.15) is 0 Å². The highest BCUT2D eigenvalue weighted by molar-refractivity contribution is 9.08. The van der Waals surface area contributed by atoms with Crippen molar-refractivity contribution in [2.24, 2.45) is 0 Å². The molecule has 3 N–H and O–H groups in total. The lowest BCUT2D eigenvalue weighted by Crippen LogP contribution is -2.50. The average molecular weight is 563 g/mol. The minimum Gasteiger partial charge on any atom is -0.469 e. The normalized spacial score (nSPS) is 12.4. The van der Waals surface area contributed by atoms with Gasteiger partial charge in [-0.3, -0.25) is 19.2 Å². The van der Waals surface area contributed by atoms with Crippen molar-refractivity contribution in [1.82, 2.24) is 10.6 Å². The van der Waals surface area contributed by atoms with E-state index in [0.29, 0.717) is 29.2 Å². The van der Waals surface area contributed by atoms with E-state index in [4.69, 9.17) is 0 Å². The largest absolute Gasteiger partial charge is 0.469 e. The molecule has 3 amide bonds. The van der Waals surface area contributed by atoms with E-state index >= 15 is 0 Å². The molecule has 10 heteroatoms. The van der Waals surface area contributed by atoms with Crippen LogP contribution in [-0.4, -0.2) is 42.9 Å². The molecule has 0 radical (unpaired) electrons. The topological polar surface area (TPSA) is 114 Å². The van der Waals surface area contributed by atoms with E-state index in [-0.39, 0.29) is 30.6 Å². The standard InChI is InChI=1S/C21H29Br2N3O5/c1-13(24-18(27)6-4-5-7-19(28)31-3)20(29)25-14(2)21(30)26-17-9-15(11-22)8-16(10-17)12-23/h8-10,13-14H,4-7,11-12H2,1-3H3,(H,24,27)(H,25,29)(H,26,30)/t13-,14+/m0/s1. The van der Waals surface area contributed by atoms with E-state index < -0.39 is 18.0 Å². The van der Waals surface area contributed by atoms with Crippen molar-refractivity contribution < 1.29 is 23.9 Å². The van der Waals surface area contributed by atoms with Crippen LogP contribution in [0.15, 0.2) is 18.2 Å². The maximum absolute atomic E-state index is 12.5. The van der Waals surface area contributed by atoms with Crippen molar-refractivity contribution in [2.45, 2.75) is 62.3 Å². The molecule has 0 saturated heterocycles. The van der Waals surface area contributed by atoms with Crippen LogP contribution >= 0.6 is 31.9 Å². The van der Waals surface area contributed by atoms with Gasteiger partial charge in [0.25, 0.3) is 0 Å². The summed E-state index contributed by atoms with van der Waals surface area (Å²) < 4.78 is 4.54. The first-order chi connectivity index (χ1) is 14.7. The Hall–Kier alpha value is -1.94. The third-order valence-corrected chi connectivity index (χ3v) is 5.71. The Bertz CT molecular complexity index is 766. The van der Waals surface area contributed by atoms with E-state index in [1.807, 2.05) is 18.2 Å². The number of methoxy groups -OCH3 is 1. The number of benzene rings is 1. The summed E-state index contributed by atoms with van der Waals surface area (Å²) in [5, 5.41) is 9.32. The number of rotatable bonds is 12. The number of carbonyl (C=O) groups is 4. The summed E-state index contributed by atoms with van der Waals surface area (Å²) >= 11 is 6.82. The van der Waals surface area contributed by atoms with Gasteiger partial charge in [0.2, 0.25) is 17.7 Å². The molecule has 1 rings (SSSR count). The summed E-state index contributed by atoms with van der Waals surface area (Å²) in [4.78, 5) is 47.8. The van der Waals surface area contributed by atoms with Gasteiger partial charge in [-0.15, -0.1) is 0 Å². The molecule has 0 bridgehead atoms. The Morgan fingerprint density at radius 2 is 1.42 bits per heavy atom. The van der Waals surface area contributed by atoms with Crippen LogP contribution in [0.3, 0.4) is 0 Å². The third-order valence-electron chi connectivity index (χ3n) is 4.41. The maximum atomic E-state index is 12.5. The number of ether oxygens (including phenoxy) is 1. The summed E-state index contributed by atoms with van der Waals surface area (Å²) in [6.07, 6.45) is 1.50. The fourth-order valence-corrected chi connectivity index (χ4v) is 3.33. The fraction of sp³-hybridized carbons (Fsp3) is 0.524. The van der Waals surface area contributed by atoms with Crippen LogP contribution in [0.5, 0.6) is 0 Å². The molecule has 0 spiro atoms. The molecule has 0 heterocycles. The van der Waals surface area contributed by atoms with Crippen molar-refractivity contribution >= 4 is 61.2 Å². The average Bonchev–Trinajstić information content (AvgIpc) is 2.75. The van der Waals surface area contributed by atoms with Crippen molar-refractivity contribution in [2.75, 3.05) is 12.4 Å². The zero-order valence-electron chi connectivity index (χ0n) is 17.9. The highest BCUT2D eigenvalue weighted by Gasteiger charge is 2.21. The fourth-order valence-electron chi connectivity index (χ4n) is 2.68. The van der Waals surface area contributed by atoms with Gasteiger partial charge in [0.15, 0.2) is 0 Å². The molecule has 1 aromatic carbocycles. The first-order valence-corrected chi connectivity index (χ1v) is 12.2. The summed E-state index contributed by atoms with van der Waals surface area (Å²) in [6.45, 7) is 3.13. The minimum atomic E-state index is -0.792. The molecule has 0 saturated carbocycles. The van der Waals surface area contributed by atoms with Crippen LogP contribution < -0.4 is 16.0 Å². The highest BCUT2D eigenvalue weighted by Crippen LogP contribution is 2.19. The molecule has 8 nitrogen and oxygen atoms in total. The van der Waals surface area contributed by atoms with Gasteiger partial charge in [0, 0.05) is 29.2 Å². The molecular formula is C21H29Br2N3O5. The number of nitrogens with one attached hydrogen (secondary N) is 3. The molecular weight excluding hydrogens is 534 g/mol. The van der Waals surface area contributed by atoms with E-state index in [9.17, 15) is 19.2 Å². The lowest BCUT2D eigenvalue weighted by molar-refractivity contribution is -0.140. The van der Waals surface area contributed by atoms with Gasteiger partial charge in [-0.25, -0.2) is 0 Å². The predicted octanol–water partition coefficient (Wildman–Crippen LogP) is 3.16. The zero-order chi connectivity index (χ0) is 23.4. The van der Waals surface area contributed by atoms with E-state index in [1.165, 1.54) is 7.11 Å². The number of alkyl halides is 2. The molecule has 31 heavy (non-hydrogen) atoms. The smallest absolute Gasteiger partial charge is 0.305 e. The monoisotopic (exact) mass is 561 g/mol. The summed E-state index contributed by atoms with van der Waals surface area (Å²) in [6, 6.07) is 4.16. The van der Waals surface area contributed by atoms with Gasteiger partial charge in [-0.05, 0) is 49.9 Å². The summed E-state index contributed by atoms with van der Waals surface area (Å²) in [5.41, 5.74) is 2.68. The molecule has 1 aromatic rings. The van der Waals surface area contributed by atoms with Crippen LogP contribution in [0.25, 0.3) is 0 Å². The number of amides is 3. The number of hydrogen-bond donors (Lipinski definition) is 3. The number of hydrogen-bond acceptors (Lipinski definition) is 5. The Labute approximate surface area is 199 Å². The molecule has 0 aliphatic carbocycles. The van der Waals surface area contributed by atoms with Crippen LogP contribution in [0.2, 0.25) is 0 Å². The van der Waals surface area contributed by atoms with Crippen molar-refractivity contribution in [3.63, 3.8) is 0 Å². The van der Waals surface area contributed by atoms with Crippen LogP contribution in [0, 0.1) is 0 Å². The molecule has 172 valence electrons. The summed E-state index contributed by atoms with van der Waals surface area (Å²) in [7, 11) is 1.32. The summed E-state index contributed by atoms with van der Waals surface area (Å²) in [5.74, 6) is -1.43. The quantitative estimate of drug-likeness (QED) is 0.206. The molecule has 0 aliphatic rings. The van der Waals surface area contributed by atoms with Crippen LogP contribution in [0.4, 0.5) is 5.69 Å². The Balaban J connectivity index is 2.48. The van der Waals surface area contributed by atoms with E-state index in [0.717, 1.165) is 11.1 Å². The van der Waals surface area contributed by atoms with E-state index in [2.05, 4.69) is 52.5 Å². The number of unbranched alkanes of at least 4 members (excludes halogenated alkanes) is 1. The van der Waals surface area contributed by atoms with E-state index in [1.54, 1.807) is 13.8 Å². The molecule has 0 fully saturated rings. The van der Waals surface area contributed by atoms with Gasteiger partial charge < -0.3 is 20.7 Å². The number of carbonyl (C=O) groups excluding carboxylic acids is 4.